The van der Waals surface area contributed by atoms with Gasteiger partial charge >= 0.3 is 12.0 Å². The van der Waals surface area contributed by atoms with Crippen molar-refractivity contribution in [3.63, 3.8) is 0 Å². The molecule has 1 aliphatic carbocycles. The molecule has 0 saturated heterocycles. The van der Waals surface area contributed by atoms with Gasteiger partial charge in [-0.05, 0) is 25.7 Å². The number of urea groups is 1. The third-order valence-corrected chi connectivity index (χ3v) is 3.58. The van der Waals surface area contributed by atoms with E-state index < -0.39 is 24.0 Å². The predicted molar refractivity (Wildman–Crippen MR) is 77.7 cm³/mol. The second-order valence-electron chi connectivity index (χ2n) is 5.96. The third kappa shape index (κ3) is 5.61. The van der Waals surface area contributed by atoms with E-state index in [1.54, 1.807) is 6.92 Å². The van der Waals surface area contributed by atoms with Crippen LogP contribution in [-0.2, 0) is 9.59 Å². The normalized spacial score (nSPS) is 22.7. The molecule has 1 saturated carbocycles. The maximum absolute atomic E-state index is 11.8. The Morgan fingerprint density at radius 1 is 1.19 bits per heavy atom. The highest BCUT2D eigenvalue weighted by Crippen LogP contribution is 2.25. The van der Waals surface area contributed by atoms with Crippen LogP contribution in [0.5, 0.6) is 0 Å². The van der Waals surface area contributed by atoms with E-state index in [0.717, 1.165) is 6.42 Å². The van der Waals surface area contributed by atoms with Crippen molar-refractivity contribution >= 4 is 17.9 Å². The molecular weight excluding hydrogens is 274 g/mol. The van der Waals surface area contributed by atoms with E-state index in [-0.39, 0.29) is 11.9 Å². The standard InChI is InChI=1S/C14H25N3O4/c1-8(2)7-15-12(18)9(3)16-14(21)17-11-6-4-5-10(11)13(19)20/h8-11H,4-7H2,1-3H3,(H,15,18)(H,19,20)(H2,16,17,21). The van der Waals surface area contributed by atoms with Crippen molar-refractivity contribution < 1.29 is 19.5 Å². The molecule has 0 spiro atoms. The lowest BCUT2D eigenvalue weighted by Crippen LogP contribution is -2.52. The van der Waals surface area contributed by atoms with E-state index >= 15 is 0 Å². The third-order valence-electron chi connectivity index (χ3n) is 3.58. The van der Waals surface area contributed by atoms with E-state index in [2.05, 4.69) is 16.0 Å². The smallest absolute Gasteiger partial charge is 0.315 e. The van der Waals surface area contributed by atoms with Crippen LogP contribution in [0.15, 0.2) is 0 Å². The Hall–Kier alpha value is -1.79. The maximum Gasteiger partial charge on any atom is 0.315 e. The van der Waals surface area contributed by atoms with Crippen molar-refractivity contribution in [2.45, 2.75) is 52.1 Å². The zero-order chi connectivity index (χ0) is 16.0. The molecule has 0 aromatic heterocycles. The van der Waals surface area contributed by atoms with Crippen LogP contribution in [0.3, 0.4) is 0 Å². The number of hydrogen-bond donors (Lipinski definition) is 4. The first-order valence-corrected chi connectivity index (χ1v) is 7.38. The molecule has 0 bridgehead atoms. The van der Waals surface area contributed by atoms with Crippen molar-refractivity contribution in [2.75, 3.05) is 6.54 Å². The van der Waals surface area contributed by atoms with E-state index in [9.17, 15) is 14.4 Å². The molecular formula is C14H25N3O4. The summed E-state index contributed by atoms with van der Waals surface area (Å²) in [6.45, 7) is 6.11. The number of nitrogens with one attached hydrogen (secondary N) is 3. The van der Waals surface area contributed by atoms with Crippen molar-refractivity contribution in [3.05, 3.63) is 0 Å². The molecule has 0 aliphatic heterocycles. The van der Waals surface area contributed by atoms with Gasteiger partial charge in [0.05, 0.1) is 5.92 Å². The molecule has 0 heterocycles. The van der Waals surface area contributed by atoms with E-state index in [1.165, 1.54) is 0 Å². The van der Waals surface area contributed by atoms with E-state index in [1.807, 2.05) is 13.8 Å². The van der Waals surface area contributed by atoms with Crippen molar-refractivity contribution in [1.82, 2.24) is 16.0 Å². The summed E-state index contributed by atoms with van der Waals surface area (Å²) in [6.07, 6.45) is 2.01. The van der Waals surface area contributed by atoms with Crippen LogP contribution < -0.4 is 16.0 Å². The summed E-state index contributed by atoms with van der Waals surface area (Å²) in [5.74, 6) is -1.34. The molecule has 1 aliphatic rings. The van der Waals surface area contributed by atoms with Gasteiger partial charge in [0, 0.05) is 12.6 Å². The summed E-state index contributed by atoms with van der Waals surface area (Å²) < 4.78 is 0. The number of aliphatic carboxylic acids is 1. The maximum atomic E-state index is 11.8. The number of hydrogen-bond acceptors (Lipinski definition) is 3. The quantitative estimate of drug-likeness (QED) is 0.579. The molecule has 1 rings (SSSR count). The second-order valence-corrected chi connectivity index (χ2v) is 5.96. The zero-order valence-corrected chi connectivity index (χ0v) is 12.8. The SMILES string of the molecule is CC(C)CNC(=O)C(C)NC(=O)NC1CCCC1C(=O)O. The van der Waals surface area contributed by atoms with E-state index in [0.29, 0.717) is 25.3 Å². The van der Waals surface area contributed by atoms with Crippen LogP contribution in [0, 0.1) is 11.8 Å². The number of carboxylic acids is 1. The Bertz CT molecular complexity index is 398. The summed E-state index contributed by atoms with van der Waals surface area (Å²) in [5.41, 5.74) is 0. The van der Waals surface area contributed by atoms with Crippen molar-refractivity contribution in [2.24, 2.45) is 11.8 Å². The van der Waals surface area contributed by atoms with Gasteiger partial charge in [-0.25, -0.2) is 4.79 Å². The Kier molecular flexibility index (Phi) is 6.45. The first kappa shape index (κ1) is 17.3. The van der Waals surface area contributed by atoms with Gasteiger partial charge < -0.3 is 21.1 Å². The van der Waals surface area contributed by atoms with Crippen LogP contribution in [-0.4, -0.2) is 41.6 Å². The molecule has 0 aromatic carbocycles. The topological polar surface area (TPSA) is 108 Å². The van der Waals surface area contributed by atoms with Gasteiger partial charge in [-0.3, -0.25) is 9.59 Å². The van der Waals surface area contributed by atoms with Gasteiger partial charge in [0.25, 0.3) is 0 Å². The minimum atomic E-state index is -0.888. The fourth-order valence-corrected chi connectivity index (χ4v) is 2.36. The fourth-order valence-electron chi connectivity index (χ4n) is 2.36. The van der Waals surface area contributed by atoms with Gasteiger partial charge in [-0.15, -0.1) is 0 Å². The number of amides is 3. The summed E-state index contributed by atoms with van der Waals surface area (Å²) in [6, 6.07) is -1.53. The minimum Gasteiger partial charge on any atom is -0.481 e. The summed E-state index contributed by atoms with van der Waals surface area (Å²) >= 11 is 0. The Morgan fingerprint density at radius 2 is 1.86 bits per heavy atom. The number of carboxylic acid groups (broad SMARTS) is 1. The lowest BCUT2D eigenvalue weighted by molar-refractivity contribution is -0.142. The van der Waals surface area contributed by atoms with Gasteiger partial charge in [-0.2, -0.15) is 0 Å². The summed E-state index contributed by atoms with van der Waals surface area (Å²) in [7, 11) is 0. The van der Waals surface area contributed by atoms with Gasteiger partial charge in [0.1, 0.15) is 6.04 Å². The molecule has 3 atom stereocenters. The largest absolute Gasteiger partial charge is 0.481 e. The minimum absolute atomic E-state index is 0.250. The number of carbonyl (C=O) groups is 3. The molecule has 120 valence electrons. The molecule has 3 amide bonds. The lowest BCUT2D eigenvalue weighted by Gasteiger charge is -2.20. The molecule has 0 aromatic rings. The Morgan fingerprint density at radius 3 is 2.43 bits per heavy atom. The highest BCUT2D eigenvalue weighted by atomic mass is 16.4. The number of carbonyl (C=O) groups excluding carboxylic acids is 2. The zero-order valence-electron chi connectivity index (χ0n) is 12.8. The fraction of sp³-hybridized carbons (Fsp3) is 0.786. The van der Waals surface area contributed by atoms with E-state index in [4.69, 9.17) is 5.11 Å². The monoisotopic (exact) mass is 299 g/mol. The Labute approximate surface area is 124 Å². The van der Waals surface area contributed by atoms with Crippen LogP contribution >= 0.6 is 0 Å². The summed E-state index contributed by atoms with van der Waals surface area (Å²) in [4.78, 5) is 34.6. The highest BCUT2D eigenvalue weighted by Gasteiger charge is 2.34. The molecule has 21 heavy (non-hydrogen) atoms. The molecule has 4 N–H and O–H groups in total. The highest BCUT2D eigenvalue weighted by molar-refractivity contribution is 5.87. The van der Waals surface area contributed by atoms with Gasteiger partial charge in [0.15, 0.2) is 0 Å². The molecule has 1 fully saturated rings. The first-order valence-electron chi connectivity index (χ1n) is 7.38. The van der Waals surface area contributed by atoms with Crippen molar-refractivity contribution in [1.29, 1.82) is 0 Å². The Balaban J connectivity index is 2.39. The van der Waals surface area contributed by atoms with Crippen LogP contribution in [0.1, 0.15) is 40.0 Å². The average molecular weight is 299 g/mol. The molecule has 7 heteroatoms. The average Bonchev–Trinajstić information content (AvgIpc) is 2.83. The van der Waals surface area contributed by atoms with Crippen molar-refractivity contribution in [3.8, 4) is 0 Å². The van der Waals surface area contributed by atoms with Gasteiger partial charge in [-0.1, -0.05) is 20.3 Å². The molecule has 3 unspecified atom stereocenters. The first-order chi connectivity index (χ1) is 9.81. The number of rotatable bonds is 6. The van der Waals surface area contributed by atoms with Crippen LogP contribution in [0.2, 0.25) is 0 Å². The molecule has 0 radical (unpaired) electrons. The van der Waals surface area contributed by atoms with Crippen LogP contribution in [0.4, 0.5) is 4.79 Å². The predicted octanol–water partition coefficient (Wildman–Crippen LogP) is 0.700. The van der Waals surface area contributed by atoms with Crippen LogP contribution in [0.25, 0.3) is 0 Å². The molecule has 7 nitrogen and oxygen atoms in total. The summed E-state index contributed by atoms with van der Waals surface area (Å²) in [5, 5.41) is 17.0. The lowest BCUT2D eigenvalue weighted by atomic mass is 10.0. The second kappa shape index (κ2) is 7.85. The van der Waals surface area contributed by atoms with Gasteiger partial charge in [0.2, 0.25) is 5.91 Å².